The predicted molar refractivity (Wildman–Crippen MR) is 103 cm³/mol. The van der Waals surface area contributed by atoms with E-state index in [1.54, 1.807) is 35.6 Å². The van der Waals surface area contributed by atoms with Gasteiger partial charge in [-0.25, -0.2) is 13.4 Å². The third-order valence-corrected chi connectivity index (χ3v) is 6.45. The summed E-state index contributed by atoms with van der Waals surface area (Å²) < 4.78 is 28.8. The van der Waals surface area contributed by atoms with Crippen LogP contribution in [0.25, 0.3) is 6.08 Å². The van der Waals surface area contributed by atoms with E-state index in [-0.39, 0.29) is 17.5 Å². The summed E-state index contributed by atoms with van der Waals surface area (Å²) in [7, 11) is -1.88. The normalized spacial score (nSPS) is 16.6. The van der Waals surface area contributed by atoms with E-state index in [1.807, 2.05) is 30.3 Å². The summed E-state index contributed by atoms with van der Waals surface area (Å²) in [6.07, 6.45) is 5.44. The van der Waals surface area contributed by atoms with Crippen LogP contribution in [0, 0.1) is 6.92 Å². The number of aryl methyl sites for hydroxylation is 2. The highest BCUT2D eigenvalue weighted by Gasteiger charge is 2.29. The largest absolute Gasteiger partial charge is 0.338 e. The summed E-state index contributed by atoms with van der Waals surface area (Å²) in [6, 6.07) is 9.60. The van der Waals surface area contributed by atoms with Gasteiger partial charge >= 0.3 is 0 Å². The molecular weight excluding hydrogens is 364 g/mol. The maximum absolute atomic E-state index is 12.8. The van der Waals surface area contributed by atoms with Crippen molar-refractivity contribution < 1.29 is 13.2 Å². The first kappa shape index (κ1) is 19.3. The standard InChI is InChI=1S/C19H24N4O3S/c1-16-20-18(15-21(16)2)27(25,26)23-12-6-11-22(13-14-23)19(24)10-9-17-7-4-3-5-8-17/h3-5,7-10,15H,6,11-14H2,1-2H3/b10-9+. The molecule has 1 aliphatic heterocycles. The van der Waals surface area contributed by atoms with Crippen molar-refractivity contribution in [2.24, 2.45) is 7.05 Å². The molecule has 0 aliphatic carbocycles. The summed E-state index contributed by atoms with van der Waals surface area (Å²) in [5.74, 6) is 0.540. The second kappa shape index (κ2) is 8.06. The number of carbonyl (C=O) groups is 1. The summed E-state index contributed by atoms with van der Waals surface area (Å²) in [5.41, 5.74) is 0.954. The van der Waals surface area contributed by atoms with Crippen LogP contribution in [0.2, 0.25) is 0 Å². The quantitative estimate of drug-likeness (QED) is 0.747. The number of hydrogen-bond acceptors (Lipinski definition) is 4. The van der Waals surface area contributed by atoms with E-state index < -0.39 is 10.0 Å². The van der Waals surface area contributed by atoms with Gasteiger partial charge in [-0.2, -0.15) is 4.31 Å². The summed E-state index contributed by atoms with van der Waals surface area (Å²) >= 11 is 0. The van der Waals surface area contributed by atoms with Gasteiger partial charge in [-0.05, 0) is 25.0 Å². The van der Waals surface area contributed by atoms with Crippen molar-refractivity contribution in [2.45, 2.75) is 18.4 Å². The molecule has 0 N–H and O–H groups in total. The van der Waals surface area contributed by atoms with Gasteiger partial charge in [0.1, 0.15) is 5.82 Å². The van der Waals surface area contributed by atoms with E-state index >= 15 is 0 Å². The lowest BCUT2D eigenvalue weighted by Gasteiger charge is -2.20. The summed E-state index contributed by atoms with van der Waals surface area (Å²) in [5, 5.41) is 0.0613. The highest BCUT2D eigenvalue weighted by atomic mass is 32.2. The Hall–Kier alpha value is -2.45. The van der Waals surface area contributed by atoms with E-state index in [2.05, 4.69) is 4.98 Å². The molecule has 1 saturated heterocycles. The Balaban J connectivity index is 1.66. The Morgan fingerprint density at radius 2 is 1.85 bits per heavy atom. The first-order valence-corrected chi connectivity index (χ1v) is 10.3. The van der Waals surface area contributed by atoms with Gasteiger partial charge in [0.05, 0.1) is 0 Å². The van der Waals surface area contributed by atoms with Crippen molar-refractivity contribution >= 4 is 22.0 Å². The average Bonchev–Trinajstić information content (AvgIpc) is 2.87. The van der Waals surface area contributed by atoms with Crippen LogP contribution in [0.15, 0.2) is 47.6 Å². The fourth-order valence-corrected chi connectivity index (χ4v) is 4.47. The molecule has 144 valence electrons. The molecule has 7 nitrogen and oxygen atoms in total. The molecule has 1 aromatic heterocycles. The zero-order valence-electron chi connectivity index (χ0n) is 15.6. The van der Waals surface area contributed by atoms with Crippen LogP contribution in [0.5, 0.6) is 0 Å². The SMILES string of the molecule is Cc1nc(S(=O)(=O)N2CCCN(C(=O)/C=C/c3ccccc3)CC2)cn1C. The number of hydrogen-bond donors (Lipinski definition) is 0. The van der Waals surface area contributed by atoms with Gasteiger partial charge in [0, 0.05) is 45.5 Å². The van der Waals surface area contributed by atoms with E-state index in [1.165, 1.54) is 10.5 Å². The predicted octanol–water partition coefficient (Wildman–Crippen LogP) is 1.66. The van der Waals surface area contributed by atoms with E-state index in [4.69, 9.17) is 0 Å². The van der Waals surface area contributed by atoms with E-state index in [0.717, 1.165) is 5.56 Å². The first-order chi connectivity index (χ1) is 12.9. The van der Waals surface area contributed by atoms with Gasteiger partial charge in [0.15, 0.2) is 5.03 Å². The molecule has 0 saturated carbocycles. The Morgan fingerprint density at radius 1 is 1.11 bits per heavy atom. The van der Waals surface area contributed by atoms with E-state index in [0.29, 0.717) is 31.9 Å². The van der Waals surface area contributed by atoms with Gasteiger partial charge < -0.3 is 9.47 Å². The lowest BCUT2D eigenvalue weighted by atomic mass is 10.2. The van der Waals surface area contributed by atoms with Crippen LogP contribution >= 0.6 is 0 Å². The molecule has 1 fully saturated rings. The highest BCUT2D eigenvalue weighted by Crippen LogP contribution is 2.17. The van der Waals surface area contributed by atoms with Gasteiger partial charge in [-0.3, -0.25) is 4.79 Å². The van der Waals surface area contributed by atoms with Crippen LogP contribution in [0.1, 0.15) is 17.8 Å². The van der Waals surface area contributed by atoms with Crippen LogP contribution in [-0.4, -0.2) is 59.3 Å². The van der Waals surface area contributed by atoms with Gasteiger partial charge in [0.25, 0.3) is 10.0 Å². The molecule has 8 heteroatoms. The molecule has 1 amide bonds. The Bertz CT molecular complexity index is 916. The Labute approximate surface area is 160 Å². The zero-order chi connectivity index (χ0) is 19.4. The molecule has 0 atom stereocenters. The number of sulfonamides is 1. The molecule has 0 spiro atoms. The maximum atomic E-state index is 12.8. The molecule has 2 heterocycles. The van der Waals surface area contributed by atoms with Gasteiger partial charge in [-0.1, -0.05) is 30.3 Å². The summed E-state index contributed by atoms with van der Waals surface area (Å²) in [4.78, 5) is 18.3. The molecule has 1 aromatic carbocycles. The number of benzene rings is 1. The molecule has 3 rings (SSSR count). The lowest BCUT2D eigenvalue weighted by Crippen LogP contribution is -2.36. The van der Waals surface area contributed by atoms with Crippen molar-refractivity contribution in [3.05, 3.63) is 54.0 Å². The third-order valence-electron chi connectivity index (χ3n) is 4.68. The highest BCUT2D eigenvalue weighted by molar-refractivity contribution is 7.89. The summed E-state index contributed by atoms with van der Waals surface area (Å²) in [6.45, 7) is 3.31. The molecule has 1 aliphatic rings. The number of rotatable bonds is 4. The van der Waals surface area contributed by atoms with Crippen molar-refractivity contribution in [2.75, 3.05) is 26.2 Å². The first-order valence-electron chi connectivity index (χ1n) is 8.90. The Kier molecular flexibility index (Phi) is 5.76. The number of imidazole rings is 1. The minimum absolute atomic E-state index is 0.0613. The average molecular weight is 388 g/mol. The van der Waals surface area contributed by atoms with Gasteiger partial charge in [0.2, 0.25) is 5.91 Å². The molecule has 0 radical (unpaired) electrons. The zero-order valence-corrected chi connectivity index (χ0v) is 16.4. The topological polar surface area (TPSA) is 75.5 Å². The lowest BCUT2D eigenvalue weighted by molar-refractivity contribution is -0.125. The maximum Gasteiger partial charge on any atom is 0.262 e. The van der Waals surface area contributed by atoms with Crippen LogP contribution in [0.3, 0.4) is 0 Å². The van der Waals surface area contributed by atoms with Crippen LogP contribution in [-0.2, 0) is 21.9 Å². The number of nitrogens with zero attached hydrogens (tertiary/aromatic N) is 4. The Morgan fingerprint density at radius 3 is 2.52 bits per heavy atom. The third kappa shape index (κ3) is 4.45. The molecule has 0 bridgehead atoms. The van der Waals surface area contributed by atoms with E-state index in [9.17, 15) is 13.2 Å². The molecule has 0 unspecified atom stereocenters. The smallest absolute Gasteiger partial charge is 0.262 e. The second-order valence-corrected chi connectivity index (χ2v) is 8.45. The molecule has 27 heavy (non-hydrogen) atoms. The monoisotopic (exact) mass is 388 g/mol. The van der Waals surface area contributed by atoms with Crippen LogP contribution in [0.4, 0.5) is 0 Å². The van der Waals surface area contributed by atoms with Crippen molar-refractivity contribution in [3.63, 3.8) is 0 Å². The van der Waals surface area contributed by atoms with Crippen LogP contribution < -0.4 is 0 Å². The minimum atomic E-state index is -3.65. The fourth-order valence-electron chi connectivity index (χ4n) is 2.97. The molecule has 2 aromatic rings. The second-order valence-electron chi connectivity index (χ2n) is 6.56. The van der Waals surface area contributed by atoms with Gasteiger partial charge in [-0.15, -0.1) is 0 Å². The van der Waals surface area contributed by atoms with Crippen molar-refractivity contribution in [1.29, 1.82) is 0 Å². The number of amides is 1. The van der Waals surface area contributed by atoms with Crippen molar-refractivity contribution in [3.8, 4) is 0 Å². The number of carbonyl (C=O) groups excluding carboxylic acids is 1. The fraction of sp³-hybridized carbons (Fsp3) is 0.368. The van der Waals surface area contributed by atoms with Crippen molar-refractivity contribution in [1.82, 2.24) is 18.8 Å². The minimum Gasteiger partial charge on any atom is -0.338 e. The molecular formula is C19H24N4O3S. The number of aromatic nitrogens is 2.